The molecule has 3 aromatic heterocycles. The van der Waals surface area contributed by atoms with Crippen LogP contribution >= 0.6 is 0 Å². The Labute approximate surface area is 199 Å². The Morgan fingerprint density at radius 1 is 1.09 bits per heavy atom. The van der Waals surface area contributed by atoms with Gasteiger partial charge in [-0.2, -0.15) is 13.2 Å². The average molecular weight is 481 g/mol. The third-order valence-electron chi connectivity index (χ3n) is 5.19. The highest BCUT2D eigenvalue weighted by molar-refractivity contribution is 5.96. The van der Waals surface area contributed by atoms with Gasteiger partial charge in [0.1, 0.15) is 12.1 Å². The zero-order chi connectivity index (χ0) is 25.0. The Hall–Kier alpha value is -3.92. The van der Waals surface area contributed by atoms with Gasteiger partial charge in [-0.3, -0.25) is 9.78 Å². The first-order valence-corrected chi connectivity index (χ1v) is 10.9. The third kappa shape index (κ3) is 5.43. The zero-order valence-corrected chi connectivity index (χ0v) is 19.1. The van der Waals surface area contributed by atoms with Crippen LogP contribution in [-0.2, 0) is 17.5 Å². The van der Waals surface area contributed by atoms with E-state index in [9.17, 15) is 18.0 Å². The number of ketones is 1. The molecule has 0 aliphatic rings. The Morgan fingerprint density at radius 2 is 1.86 bits per heavy atom. The van der Waals surface area contributed by atoms with Crippen LogP contribution in [0.1, 0.15) is 41.5 Å². The molecule has 0 atom stereocenters. The number of nitrogens with zero attached hydrogens (tertiary/aromatic N) is 4. The van der Waals surface area contributed by atoms with E-state index in [1.165, 1.54) is 31.6 Å². The van der Waals surface area contributed by atoms with Crippen molar-refractivity contribution in [2.24, 2.45) is 0 Å². The second-order valence-corrected chi connectivity index (χ2v) is 7.79. The molecule has 0 unspecified atom stereocenters. The molecule has 3 heterocycles. The summed E-state index contributed by atoms with van der Waals surface area (Å²) in [6.07, 6.45) is -0.709. The maximum Gasteiger partial charge on any atom is 0.418 e. The number of Topliss-reactive ketones (excluding diaryl/α,β-unsaturated/α-hetero) is 1. The summed E-state index contributed by atoms with van der Waals surface area (Å²) in [6.45, 7) is 2.04. The number of nitrogens with one attached hydrogen (secondary N) is 1. The van der Waals surface area contributed by atoms with Crippen LogP contribution in [0.4, 0.5) is 24.7 Å². The summed E-state index contributed by atoms with van der Waals surface area (Å²) in [5, 5.41) is 3.16. The molecule has 35 heavy (non-hydrogen) atoms. The summed E-state index contributed by atoms with van der Waals surface area (Å²) in [4.78, 5) is 29.3. The van der Waals surface area contributed by atoms with E-state index in [1.54, 1.807) is 24.3 Å². The molecule has 1 aromatic carbocycles. The monoisotopic (exact) mass is 481 g/mol. The Kier molecular flexibility index (Phi) is 7.02. The molecule has 0 bridgehead atoms. The number of methoxy groups -OCH3 is 1. The van der Waals surface area contributed by atoms with Gasteiger partial charge in [0, 0.05) is 42.7 Å². The lowest BCUT2D eigenvalue weighted by Crippen LogP contribution is -2.08. The minimum atomic E-state index is -4.57. The van der Waals surface area contributed by atoms with Crippen molar-refractivity contribution in [1.29, 1.82) is 0 Å². The van der Waals surface area contributed by atoms with Gasteiger partial charge < -0.3 is 10.1 Å². The normalized spacial score (nSPS) is 11.6. The highest BCUT2D eigenvalue weighted by Crippen LogP contribution is 2.36. The maximum absolute atomic E-state index is 13.5. The minimum absolute atomic E-state index is 0.0656. The molecule has 10 heteroatoms. The molecule has 180 valence electrons. The predicted molar refractivity (Wildman–Crippen MR) is 125 cm³/mol. The molecule has 4 aromatic rings. The van der Waals surface area contributed by atoms with Crippen molar-refractivity contribution in [2.75, 3.05) is 12.4 Å². The largest absolute Gasteiger partial charge is 0.418 e. The van der Waals surface area contributed by atoms with Gasteiger partial charge in [-0.25, -0.2) is 15.0 Å². The number of benzene rings is 1. The Morgan fingerprint density at radius 3 is 2.54 bits per heavy atom. The van der Waals surface area contributed by atoms with Crippen molar-refractivity contribution < 1.29 is 22.7 Å². The SMILES string of the molecule is CCCC(=O)c1ccc(Nc2nc(COC)nc3cc(-c4ncccc4C(F)(F)F)cnc23)cc1. The van der Waals surface area contributed by atoms with Crippen LogP contribution in [-0.4, -0.2) is 32.8 Å². The number of aromatic nitrogens is 4. The molecule has 1 N–H and O–H groups in total. The van der Waals surface area contributed by atoms with Gasteiger partial charge in [0.2, 0.25) is 0 Å². The van der Waals surface area contributed by atoms with Crippen molar-refractivity contribution in [3.8, 4) is 11.3 Å². The molecule has 0 aliphatic carbocycles. The molecule has 0 spiro atoms. The highest BCUT2D eigenvalue weighted by atomic mass is 19.4. The van der Waals surface area contributed by atoms with Crippen LogP contribution in [0.25, 0.3) is 22.3 Å². The van der Waals surface area contributed by atoms with Crippen LogP contribution in [0, 0.1) is 0 Å². The van der Waals surface area contributed by atoms with Crippen LogP contribution in [0.15, 0.2) is 54.9 Å². The summed E-state index contributed by atoms with van der Waals surface area (Å²) in [6, 6.07) is 10.7. The van der Waals surface area contributed by atoms with Crippen molar-refractivity contribution in [3.05, 3.63) is 71.8 Å². The van der Waals surface area contributed by atoms with Crippen LogP contribution in [0.3, 0.4) is 0 Å². The van der Waals surface area contributed by atoms with Gasteiger partial charge in [-0.1, -0.05) is 6.92 Å². The number of carbonyl (C=O) groups is 1. The molecule has 0 saturated heterocycles. The summed E-state index contributed by atoms with van der Waals surface area (Å²) in [5.74, 6) is 0.752. The van der Waals surface area contributed by atoms with Gasteiger partial charge in [0.05, 0.1) is 16.8 Å². The Balaban J connectivity index is 1.75. The molecule has 0 saturated carbocycles. The highest BCUT2D eigenvalue weighted by Gasteiger charge is 2.34. The van der Waals surface area contributed by atoms with Crippen molar-refractivity contribution in [1.82, 2.24) is 19.9 Å². The molecule has 0 fully saturated rings. The van der Waals surface area contributed by atoms with E-state index in [1.807, 2.05) is 6.92 Å². The van der Waals surface area contributed by atoms with E-state index in [2.05, 4.69) is 25.3 Å². The molecule has 4 rings (SSSR count). The lowest BCUT2D eigenvalue weighted by Gasteiger charge is -2.13. The molecule has 0 amide bonds. The van der Waals surface area contributed by atoms with E-state index in [0.29, 0.717) is 40.3 Å². The number of hydrogen-bond acceptors (Lipinski definition) is 7. The topological polar surface area (TPSA) is 89.9 Å². The fourth-order valence-corrected chi connectivity index (χ4v) is 3.59. The summed E-state index contributed by atoms with van der Waals surface area (Å²) < 4.78 is 45.7. The number of fused-ring (bicyclic) bond motifs is 1. The first-order chi connectivity index (χ1) is 16.8. The number of rotatable bonds is 8. The van der Waals surface area contributed by atoms with Crippen molar-refractivity contribution in [2.45, 2.75) is 32.5 Å². The standard InChI is InChI=1S/C25H22F3N5O2/c1-3-5-20(34)15-7-9-17(10-8-15)31-24-23-19(32-21(33-24)14-35-2)12-16(13-30-23)22-18(25(26,27)28)6-4-11-29-22/h4,6-13H,3,5,14H2,1-2H3,(H,31,32,33). The van der Waals surface area contributed by atoms with Gasteiger partial charge in [-0.05, 0) is 48.9 Å². The fourth-order valence-electron chi connectivity index (χ4n) is 3.59. The third-order valence-corrected chi connectivity index (χ3v) is 5.19. The number of pyridine rings is 2. The van der Waals surface area contributed by atoms with Crippen LogP contribution in [0.5, 0.6) is 0 Å². The number of carbonyl (C=O) groups excluding carboxylic acids is 1. The molecular weight excluding hydrogens is 459 g/mol. The summed E-state index contributed by atoms with van der Waals surface area (Å²) in [5.41, 5.74) is 1.06. The van der Waals surface area contributed by atoms with E-state index in [4.69, 9.17) is 4.74 Å². The molecule has 0 radical (unpaired) electrons. The molecule has 0 aliphatic heterocycles. The summed E-state index contributed by atoms with van der Waals surface area (Å²) >= 11 is 0. The predicted octanol–water partition coefficient (Wildman–Crippen LogP) is 5.98. The first kappa shape index (κ1) is 24.2. The molecule has 7 nitrogen and oxygen atoms in total. The summed E-state index contributed by atoms with van der Waals surface area (Å²) in [7, 11) is 1.49. The van der Waals surface area contributed by atoms with Crippen LogP contribution < -0.4 is 5.32 Å². The quantitative estimate of drug-likeness (QED) is 0.310. The zero-order valence-electron chi connectivity index (χ0n) is 19.1. The molecular formula is C25H22F3N5O2. The number of halogens is 3. The van der Waals surface area contributed by atoms with Gasteiger partial charge >= 0.3 is 6.18 Å². The lowest BCUT2D eigenvalue weighted by molar-refractivity contribution is -0.137. The van der Waals surface area contributed by atoms with E-state index in [0.717, 1.165) is 12.5 Å². The van der Waals surface area contributed by atoms with E-state index >= 15 is 0 Å². The smallest absolute Gasteiger partial charge is 0.377 e. The number of anilines is 2. The maximum atomic E-state index is 13.5. The number of hydrogen-bond donors (Lipinski definition) is 1. The van der Waals surface area contributed by atoms with Crippen molar-refractivity contribution in [3.63, 3.8) is 0 Å². The fraction of sp³-hybridized carbons (Fsp3) is 0.240. The second-order valence-electron chi connectivity index (χ2n) is 7.79. The van der Waals surface area contributed by atoms with Gasteiger partial charge in [0.15, 0.2) is 17.4 Å². The minimum Gasteiger partial charge on any atom is -0.377 e. The lowest BCUT2D eigenvalue weighted by atomic mass is 10.1. The average Bonchev–Trinajstić information content (AvgIpc) is 2.84. The van der Waals surface area contributed by atoms with Crippen LogP contribution in [0.2, 0.25) is 0 Å². The first-order valence-electron chi connectivity index (χ1n) is 10.9. The van der Waals surface area contributed by atoms with Gasteiger partial charge in [0.25, 0.3) is 0 Å². The number of ether oxygens (including phenoxy) is 1. The second kappa shape index (κ2) is 10.1. The van der Waals surface area contributed by atoms with E-state index < -0.39 is 11.7 Å². The van der Waals surface area contributed by atoms with Gasteiger partial charge in [-0.15, -0.1) is 0 Å². The van der Waals surface area contributed by atoms with Crippen molar-refractivity contribution >= 4 is 28.3 Å². The number of alkyl halides is 3. The van der Waals surface area contributed by atoms with E-state index in [-0.39, 0.29) is 23.6 Å². The Bertz CT molecular complexity index is 1360.